The van der Waals surface area contributed by atoms with Crippen LogP contribution in [0, 0.1) is 13.8 Å². The summed E-state index contributed by atoms with van der Waals surface area (Å²) in [7, 11) is 0. The van der Waals surface area contributed by atoms with Crippen LogP contribution >= 0.6 is 0 Å². The van der Waals surface area contributed by atoms with Crippen molar-refractivity contribution in [3.05, 3.63) is 65.2 Å². The number of para-hydroxylation sites is 1. The van der Waals surface area contributed by atoms with Crippen LogP contribution in [0.3, 0.4) is 0 Å². The third-order valence-corrected chi connectivity index (χ3v) is 5.10. The molecule has 1 heterocycles. The summed E-state index contributed by atoms with van der Waals surface area (Å²) < 4.78 is 5.61. The van der Waals surface area contributed by atoms with Gasteiger partial charge in [0.1, 0.15) is 18.5 Å². The van der Waals surface area contributed by atoms with Crippen LogP contribution < -0.4 is 10.1 Å². The Bertz CT molecular complexity index is 677. The Balaban J connectivity index is 1.34. The molecular weight excluding hydrogens is 336 g/mol. The summed E-state index contributed by atoms with van der Waals surface area (Å²) >= 11 is 0. The molecule has 27 heavy (non-hydrogen) atoms. The summed E-state index contributed by atoms with van der Waals surface area (Å²) in [5.41, 5.74) is 4.09. The fourth-order valence-corrected chi connectivity index (χ4v) is 3.78. The lowest BCUT2D eigenvalue weighted by Crippen LogP contribution is -2.45. The Hall–Kier alpha value is -1.88. The first kappa shape index (κ1) is 19.9. The number of nitrogens with zero attached hydrogens (tertiary/aromatic N) is 1. The van der Waals surface area contributed by atoms with Gasteiger partial charge in [-0.15, -0.1) is 0 Å². The van der Waals surface area contributed by atoms with Crippen LogP contribution in [0.1, 0.15) is 29.5 Å². The number of benzene rings is 2. The van der Waals surface area contributed by atoms with Gasteiger partial charge in [0.2, 0.25) is 0 Å². The monoisotopic (exact) mass is 368 g/mol. The molecule has 3 rings (SSSR count). The highest BCUT2D eigenvalue weighted by atomic mass is 16.5. The van der Waals surface area contributed by atoms with Crippen LogP contribution in [0.25, 0.3) is 0 Å². The van der Waals surface area contributed by atoms with Crippen molar-refractivity contribution in [2.75, 3.05) is 26.2 Å². The second kappa shape index (κ2) is 9.88. The molecule has 0 bridgehead atoms. The smallest absolute Gasteiger partial charge is 0.119 e. The topological polar surface area (TPSA) is 44.7 Å². The fourth-order valence-electron chi connectivity index (χ4n) is 3.78. The number of hydrogen-bond donors (Lipinski definition) is 2. The van der Waals surface area contributed by atoms with Crippen molar-refractivity contribution in [2.24, 2.45) is 0 Å². The van der Waals surface area contributed by atoms with Crippen molar-refractivity contribution in [3.8, 4) is 5.75 Å². The molecule has 2 aromatic rings. The molecule has 0 aromatic heterocycles. The number of ether oxygens (including phenoxy) is 1. The molecule has 1 fully saturated rings. The van der Waals surface area contributed by atoms with Crippen LogP contribution in [-0.4, -0.2) is 48.4 Å². The van der Waals surface area contributed by atoms with E-state index in [1.54, 1.807) is 0 Å². The molecule has 146 valence electrons. The number of likely N-dealkylation sites (tertiary alicyclic amines) is 1. The lowest BCUT2D eigenvalue weighted by atomic mass is 10.0. The average Bonchev–Trinajstić information content (AvgIpc) is 2.66. The normalized spacial score (nSPS) is 17.0. The number of hydrogen-bond acceptors (Lipinski definition) is 4. The molecule has 0 radical (unpaired) electrons. The highest BCUT2D eigenvalue weighted by molar-refractivity contribution is 5.28. The third-order valence-electron chi connectivity index (χ3n) is 5.10. The first-order chi connectivity index (χ1) is 13.1. The molecule has 1 aliphatic rings. The molecule has 1 atom stereocenters. The van der Waals surface area contributed by atoms with Gasteiger partial charge in [-0.1, -0.05) is 47.5 Å². The van der Waals surface area contributed by atoms with E-state index in [1.807, 2.05) is 30.3 Å². The van der Waals surface area contributed by atoms with Gasteiger partial charge >= 0.3 is 0 Å². The highest BCUT2D eigenvalue weighted by Gasteiger charge is 2.20. The van der Waals surface area contributed by atoms with Crippen molar-refractivity contribution in [1.29, 1.82) is 0 Å². The lowest BCUT2D eigenvalue weighted by molar-refractivity contribution is 0.0979. The summed E-state index contributed by atoms with van der Waals surface area (Å²) in [6.45, 7) is 8.46. The maximum Gasteiger partial charge on any atom is 0.119 e. The standard InChI is InChI=1S/C23H32N2O2/c1-18-12-19(2)14-20(13-18)16-25-10-8-21(9-11-25)24-15-22(26)17-27-23-6-4-3-5-7-23/h3-7,12-14,21-22,24,26H,8-11,15-17H2,1-2H3/t22-/m0/s1. The number of nitrogens with one attached hydrogen (secondary N) is 1. The van der Waals surface area contributed by atoms with Gasteiger partial charge in [0.25, 0.3) is 0 Å². The summed E-state index contributed by atoms with van der Waals surface area (Å²) in [5, 5.41) is 13.6. The largest absolute Gasteiger partial charge is 0.491 e. The minimum absolute atomic E-state index is 0.322. The second-order valence-electron chi connectivity index (χ2n) is 7.73. The Labute approximate surface area is 163 Å². The van der Waals surface area contributed by atoms with Crippen molar-refractivity contribution in [2.45, 2.75) is 45.4 Å². The van der Waals surface area contributed by atoms with Gasteiger partial charge in [0.15, 0.2) is 0 Å². The molecule has 1 aliphatic heterocycles. The van der Waals surface area contributed by atoms with Crippen molar-refractivity contribution < 1.29 is 9.84 Å². The summed E-state index contributed by atoms with van der Waals surface area (Å²) in [4.78, 5) is 2.53. The fraction of sp³-hybridized carbons (Fsp3) is 0.478. The van der Waals surface area contributed by atoms with Crippen LogP contribution in [0.2, 0.25) is 0 Å². The molecule has 0 amide bonds. The predicted molar refractivity (Wildman–Crippen MR) is 110 cm³/mol. The number of aryl methyl sites for hydroxylation is 2. The van der Waals surface area contributed by atoms with Gasteiger partial charge < -0.3 is 15.2 Å². The number of rotatable bonds is 8. The molecule has 4 heteroatoms. The predicted octanol–water partition coefficient (Wildman–Crippen LogP) is 3.30. The summed E-state index contributed by atoms with van der Waals surface area (Å²) in [5.74, 6) is 0.802. The van der Waals surface area contributed by atoms with Gasteiger partial charge in [-0.2, -0.15) is 0 Å². The highest BCUT2D eigenvalue weighted by Crippen LogP contribution is 2.16. The first-order valence-corrected chi connectivity index (χ1v) is 9.97. The number of aliphatic hydroxyl groups excluding tert-OH is 1. The summed E-state index contributed by atoms with van der Waals surface area (Å²) in [6, 6.07) is 16.9. The van der Waals surface area contributed by atoms with E-state index in [-0.39, 0.29) is 0 Å². The molecule has 0 aliphatic carbocycles. The zero-order valence-corrected chi connectivity index (χ0v) is 16.5. The Kier molecular flexibility index (Phi) is 7.27. The third kappa shape index (κ3) is 6.65. The molecule has 1 saturated heterocycles. The lowest BCUT2D eigenvalue weighted by Gasteiger charge is -2.33. The Morgan fingerprint density at radius 2 is 1.74 bits per heavy atom. The minimum atomic E-state index is -0.487. The van der Waals surface area contributed by atoms with Crippen LogP contribution in [-0.2, 0) is 6.54 Å². The SMILES string of the molecule is Cc1cc(C)cc(CN2CCC(NC[C@H](O)COc3ccccc3)CC2)c1. The van der Waals surface area contributed by atoms with E-state index < -0.39 is 6.10 Å². The maximum absolute atomic E-state index is 10.1. The molecular formula is C23H32N2O2. The van der Waals surface area contributed by atoms with E-state index in [0.29, 0.717) is 19.2 Å². The minimum Gasteiger partial charge on any atom is -0.491 e. The molecule has 0 spiro atoms. The molecule has 2 aromatic carbocycles. The average molecular weight is 369 g/mol. The van der Waals surface area contributed by atoms with Gasteiger partial charge in [-0.25, -0.2) is 0 Å². The first-order valence-electron chi connectivity index (χ1n) is 9.97. The van der Waals surface area contributed by atoms with Gasteiger partial charge in [0.05, 0.1) is 0 Å². The van der Waals surface area contributed by atoms with Gasteiger partial charge in [-0.3, -0.25) is 4.90 Å². The van der Waals surface area contributed by atoms with E-state index >= 15 is 0 Å². The number of aliphatic hydroxyl groups is 1. The van der Waals surface area contributed by atoms with Crippen LogP contribution in [0.5, 0.6) is 5.75 Å². The Morgan fingerprint density at radius 3 is 2.41 bits per heavy atom. The maximum atomic E-state index is 10.1. The van der Waals surface area contributed by atoms with Crippen LogP contribution in [0.15, 0.2) is 48.5 Å². The van der Waals surface area contributed by atoms with Crippen molar-refractivity contribution in [1.82, 2.24) is 10.2 Å². The van der Waals surface area contributed by atoms with E-state index in [0.717, 1.165) is 38.2 Å². The quantitative estimate of drug-likeness (QED) is 0.750. The van der Waals surface area contributed by atoms with Crippen LogP contribution in [0.4, 0.5) is 0 Å². The molecule has 0 unspecified atom stereocenters. The second-order valence-corrected chi connectivity index (χ2v) is 7.73. The van der Waals surface area contributed by atoms with Gasteiger partial charge in [-0.05, 0) is 57.5 Å². The van der Waals surface area contributed by atoms with Gasteiger partial charge in [0, 0.05) is 19.1 Å². The molecule has 4 nitrogen and oxygen atoms in total. The van der Waals surface area contributed by atoms with Crippen molar-refractivity contribution >= 4 is 0 Å². The van der Waals surface area contributed by atoms with E-state index in [9.17, 15) is 5.11 Å². The zero-order valence-electron chi connectivity index (χ0n) is 16.5. The molecule has 0 saturated carbocycles. The van der Waals surface area contributed by atoms with E-state index in [1.165, 1.54) is 16.7 Å². The number of piperidine rings is 1. The Morgan fingerprint density at radius 1 is 1.07 bits per heavy atom. The van der Waals surface area contributed by atoms with Crippen molar-refractivity contribution in [3.63, 3.8) is 0 Å². The summed E-state index contributed by atoms with van der Waals surface area (Å²) in [6.07, 6.45) is 1.76. The van der Waals surface area contributed by atoms with E-state index in [2.05, 4.69) is 42.3 Å². The van der Waals surface area contributed by atoms with E-state index in [4.69, 9.17) is 4.74 Å². The molecule has 2 N–H and O–H groups in total. The zero-order chi connectivity index (χ0) is 19.1.